The lowest BCUT2D eigenvalue weighted by Crippen LogP contribution is -2.14. The first-order valence-electron chi connectivity index (χ1n) is 2.59. The van der Waals surface area contributed by atoms with Gasteiger partial charge in [0.25, 0.3) is 0 Å². The number of ether oxygens (including phenoxy) is 1. The molecule has 0 aromatic rings. The van der Waals surface area contributed by atoms with Crippen LogP contribution in [0.4, 0.5) is 0 Å². The van der Waals surface area contributed by atoms with E-state index in [9.17, 15) is 0 Å². The second-order valence-electron chi connectivity index (χ2n) is 2.07. The van der Waals surface area contributed by atoms with Crippen molar-refractivity contribution in [1.29, 1.82) is 5.53 Å². The van der Waals surface area contributed by atoms with E-state index >= 15 is 0 Å². The fourth-order valence-corrected chi connectivity index (χ4v) is 0.879. The summed E-state index contributed by atoms with van der Waals surface area (Å²) < 4.78 is 8.60. The summed E-state index contributed by atoms with van der Waals surface area (Å²) in [6.07, 6.45) is 0. The number of hydrogen-bond donors (Lipinski definition) is 1. The minimum Gasteiger partial charge on any atom is -0.294 e. The van der Waals surface area contributed by atoms with Crippen molar-refractivity contribution in [2.45, 2.75) is 18.5 Å². The van der Waals surface area contributed by atoms with Gasteiger partial charge in [0.1, 0.15) is 0 Å². The van der Waals surface area contributed by atoms with Crippen molar-refractivity contribution in [3.05, 3.63) is 0 Å². The van der Waals surface area contributed by atoms with Gasteiger partial charge in [-0.15, -0.1) is 5.11 Å². The lowest BCUT2D eigenvalue weighted by Gasteiger charge is -1.97. The molecule has 2 unspecified atom stereocenters. The van der Waals surface area contributed by atoms with E-state index in [2.05, 4.69) is 30.6 Å². The zero-order valence-electron chi connectivity index (χ0n) is 5.46. The number of nitrogens with zero attached hydrogens (tertiary/aromatic N) is 3. The minimum absolute atomic E-state index is 0.840. The molecule has 1 rings (SSSR count). The molecule has 0 spiro atoms. The molecule has 0 bridgehead atoms. The van der Waals surface area contributed by atoms with Gasteiger partial charge in [-0.3, -0.25) is 4.74 Å². The number of nitrogens with one attached hydrogen (secondary N) is 1. The molecular formula is C4H7N4OP. The zero-order valence-corrected chi connectivity index (χ0v) is 6.46. The van der Waals surface area contributed by atoms with Crippen LogP contribution in [0.3, 0.4) is 0 Å². The third kappa shape index (κ3) is 0.646. The summed E-state index contributed by atoms with van der Waals surface area (Å²) in [5, 5.41) is 3.15. The highest BCUT2D eigenvalue weighted by Crippen LogP contribution is 2.51. The van der Waals surface area contributed by atoms with Crippen molar-refractivity contribution in [3.8, 4) is 0 Å². The monoisotopic (exact) mass is 158 g/mol. The highest BCUT2D eigenvalue weighted by molar-refractivity contribution is 7.04. The topological polar surface area (TPSA) is 73.5 Å². The van der Waals surface area contributed by atoms with Gasteiger partial charge in [0, 0.05) is 0 Å². The number of epoxide rings is 1. The van der Waals surface area contributed by atoms with Gasteiger partial charge in [-0.05, 0) is 22.7 Å². The molecule has 10 heavy (non-hydrogen) atoms. The predicted molar refractivity (Wildman–Crippen MR) is 37.7 cm³/mol. The van der Waals surface area contributed by atoms with Crippen LogP contribution in [-0.4, -0.2) is 18.3 Å². The van der Waals surface area contributed by atoms with E-state index in [4.69, 9.17) is 10.3 Å². The number of rotatable bonds is 3. The highest BCUT2D eigenvalue weighted by atomic mass is 31.0. The molecule has 1 heterocycles. The fourth-order valence-electron chi connectivity index (χ4n) is 0.688. The molecule has 0 aliphatic carbocycles. The van der Waals surface area contributed by atoms with Crippen molar-refractivity contribution in [2.24, 2.45) is 14.9 Å². The summed E-state index contributed by atoms with van der Waals surface area (Å²) in [6, 6.07) is 0. The molecular weight excluding hydrogens is 151 g/mol. The quantitative estimate of drug-likeness (QED) is 0.287. The standard InChI is InChI=1S/C4H7N4OP/c1-3(8-10)4(6-2,7-5)9-3/h5,10H,2H2,1H3. The van der Waals surface area contributed by atoms with Gasteiger partial charge in [0.2, 0.25) is 5.72 Å². The van der Waals surface area contributed by atoms with Crippen molar-refractivity contribution >= 4 is 15.7 Å². The Morgan fingerprint density at radius 1 is 1.70 bits per heavy atom. The maximum absolute atomic E-state index is 6.71. The molecule has 1 aliphatic rings. The van der Waals surface area contributed by atoms with Crippen LogP contribution in [0.1, 0.15) is 6.92 Å². The van der Waals surface area contributed by atoms with Crippen LogP contribution in [0, 0.1) is 5.53 Å². The predicted octanol–water partition coefficient (Wildman–Crippen LogP) is 1.44. The van der Waals surface area contributed by atoms with Crippen LogP contribution in [-0.2, 0) is 4.74 Å². The van der Waals surface area contributed by atoms with E-state index in [1.807, 2.05) is 0 Å². The van der Waals surface area contributed by atoms with E-state index in [-0.39, 0.29) is 0 Å². The average molecular weight is 158 g/mol. The van der Waals surface area contributed by atoms with Crippen LogP contribution in [0.25, 0.3) is 0 Å². The Balaban J connectivity index is 2.87. The lowest BCUT2D eigenvalue weighted by atomic mass is 10.3. The summed E-state index contributed by atoms with van der Waals surface area (Å²) >= 11 is 0. The highest BCUT2D eigenvalue weighted by Gasteiger charge is 2.69. The fraction of sp³-hybridized carbons (Fsp3) is 0.750. The Kier molecular flexibility index (Phi) is 1.42. The summed E-state index contributed by atoms with van der Waals surface area (Å²) in [7, 11) is 2.91. The van der Waals surface area contributed by atoms with Crippen molar-refractivity contribution in [2.75, 3.05) is 0 Å². The van der Waals surface area contributed by atoms with Crippen LogP contribution in [0.2, 0.25) is 0 Å². The summed E-state index contributed by atoms with van der Waals surface area (Å²) in [4.78, 5) is 3.52. The molecule has 1 aliphatic heterocycles. The first-order valence-corrected chi connectivity index (χ1v) is 3.04. The maximum Gasteiger partial charge on any atom is 0.327 e. The normalized spacial score (nSPS) is 44.1. The van der Waals surface area contributed by atoms with Crippen LogP contribution in [0.15, 0.2) is 14.9 Å². The molecule has 1 fully saturated rings. The van der Waals surface area contributed by atoms with Crippen LogP contribution >= 0.6 is 9.03 Å². The molecule has 2 atom stereocenters. The van der Waals surface area contributed by atoms with Gasteiger partial charge >= 0.3 is 5.85 Å². The Labute approximate surface area is 60.3 Å². The maximum atomic E-state index is 6.71. The first-order chi connectivity index (χ1) is 4.64. The van der Waals surface area contributed by atoms with E-state index < -0.39 is 11.6 Å². The summed E-state index contributed by atoms with van der Waals surface area (Å²) in [5.41, 5.74) is 5.87. The molecule has 5 nitrogen and oxygen atoms in total. The molecule has 1 saturated heterocycles. The van der Waals surface area contributed by atoms with Crippen molar-refractivity contribution in [1.82, 2.24) is 0 Å². The zero-order chi connectivity index (χ0) is 7.83. The smallest absolute Gasteiger partial charge is 0.294 e. The van der Waals surface area contributed by atoms with Crippen LogP contribution < -0.4 is 0 Å². The van der Waals surface area contributed by atoms with Crippen LogP contribution in [0.5, 0.6) is 0 Å². The van der Waals surface area contributed by atoms with Gasteiger partial charge in [0.05, 0.1) is 0 Å². The Morgan fingerprint density at radius 3 is 2.40 bits per heavy atom. The molecule has 0 amide bonds. The van der Waals surface area contributed by atoms with E-state index in [1.165, 1.54) is 0 Å². The summed E-state index contributed by atoms with van der Waals surface area (Å²) in [5.74, 6) is -1.17. The number of hydrogen-bond acceptors (Lipinski definition) is 5. The number of aliphatic imine (C=N–C) groups is 1. The van der Waals surface area contributed by atoms with Crippen molar-refractivity contribution in [3.63, 3.8) is 0 Å². The molecule has 54 valence electrons. The van der Waals surface area contributed by atoms with Crippen molar-refractivity contribution < 1.29 is 4.74 Å². The van der Waals surface area contributed by atoms with Gasteiger partial charge < -0.3 is 0 Å². The molecule has 0 aromatic heterocycles. The minimum atomic E-state index is -1.17. The van der Waals surface area contributed by atoms with Gasteiger partial charge in [-0.2, -0.15) is 0 Å². The largest absolute Gasteiger partial charge is 0.327 e. The van der Waals surface area contributed by atoms with Gasteiger partial charge in [-0.1, -0.05) is 0 Å². The molecule has 6 heteroatoms. The van der Waals surface area contributed by atoms with E-state index in [0.717, 1.165) is 0 Å². The molecule has 0 aromatic carbocycles. The first kappa shape index (κ1) is 7.44. The Morgan fingerprint density at radius 2 is 2.30 bits per heavy atom. The van der Waals surface area contributed by atoms with E-state index in [0.29, 0.717) is 0 Å². The SMILES string of the molecule is C=NC1(N=N)OC1(C)N=P. The second kappa shape index (κ2) is 1.90. The lowest BCUT2D eigenvalue weighted by molar-refractivity contribution is 0.275. The third-order valence-electron chi connectivity index (χ3n) is 1.48. The van der Waals surface area contributed by atoms with Gasteiger partial charge in [-0.25, -0.2) is 15.3 Å². The third-order valence-corrected chi connectivity index (χ3v) is 1.91. The molecule has 1 N–H and O–H groups in total. The van der Waals surface area contributed by atoms with Gasteiger partial charge in [0.15, 0.2) is 0 Å². The summed E-state index contributed by atoms with van der Waals surface area (Å²) in [6.45, 7) is 4.90. The van der Waals surface area contributed by atoms with E-state index in [1.54, 1.807) is 6.92 Å². The molecule has 0 radical (unpaired) electrons. The second-order valence-corrected chi connectivity index (χ2v) is 2.30. The average Bonchev–Trinajstić information content (AvgIpc) is 2.59. The Hall–Kier alpha value is -0.670. The Bertz CT molecular complexity index is 197. The molecule has 0 saturated carbocycles.